The van der Waals surface area contributed by atoms with Gasteiger partial charge in [-0.25, -0.2) is 0 Å². The van der Waals surface area contributed by atoms with Gasteiger partial charge in [-0.15, -0.1) is 0 Å². The van der Waals surface area contributed by atoms with Crippen LogP contribution in [0.1, 0.15) is 33.6 Å². The van der Waals surface area contributed by atoms with Crippen LogP contribution in [0.25, 0.3) is 0 Å². The first-order valence-electron chi connectivity index (χ1n) is 5.64. The average Bonchev–Trinajstić information content (AvgIpc) is 2.69. The second-order valence-corrected chi connectivity index (χ2v) is 3.58. The minimum atomic E-state index is -0.749. The van der Waals surface area contributed by atoms with E-state index >= 15 is 0 Å². The van der Waals surface area contributed by atoms with Crippen molar-refractivity contribution < 1.29 is 19.0 Å². The lowest BCUT2D eigenvalue weighted by molar-refractivity contribution is -0.211. The smallest absolute Gasteiger partial charge is 0.314 e. The average molecular weight is 216 g/mol. The van der Waals surface area contributed by atoms with Crippen LogP contribution in [-0.2, 0) is 19.0 Å². The van der Waals surface area contributed by atoms with E-state index in [1.54, 1.807) is 6.92 Å². The van der Waals surface area contributed by atoms with Crippen molar-refractivity contribution >= 4 is 5.97 Å². The van der Waals surface area contributed by atoms with Gasteiger partial charge in [-0.05, 0) is 19.8 Å². The molecule has 0 aromatic heterocycles. The number of hydrogen-bond acceptors (Lipinski definition) is 4. The van der Waals surface area contributed by atoms with E-state index in [4.69, 9.17) is 14.2 Å². The molecule has 1 atom stereocenters. The molecule has 0 bridgehead atoms. The lowest BCUT2D eigenvalue weighted by Crippen LogP contribution is -2.43. The van der Waals surface area contributed by atoms with E-state index in [2.05, 4.69) is 0 Å². The van der Waals surface area contributed by atoms with E-state index in [1.165, 1.54) is 0 Å². The number of carbonyl (C=O) groups is 1. The van der Waals surface area contributed by atoms with E-state index in [9.17, 15) is 4.79 Å². The Morgan fingerprint density at radius 1 is 1.33 bits per heavy atom. The zero-order chi connectivity index (χ0) is 11.3. The molecular weight excluding hydrogens is 196 g/mol. The summed E-state index contributed by atoms with van der Waals surface area (Å²) < 4.78 is 16.2. The molecule has 0 radical (unpaired) electrons. The standard InChI is InChI=1S/C11H20O4/c1-4-9(10(12)13-6-3)11(5-2)14-7-8-15-11/h9H,4-8H2,1-3H3. The fourth-order valence-corrected chi connectivity index (χ4v) is 2.02. The monoisotopic (exact) mass is 216 g/mol. The summed E-state index contributed by atoms with van der Waals surface area (Å²) in [6.07, 6.45) is 1.34. The lowest BCUT2D eigenvalue weighted by Gasteiger charge is -2.32. The van der Waals surface area contributed by atoms with E-state index < -0.39 is 5.79 Å². The molecule has 1 heterocycles. The summed E-state index contributed by atoms with van der Waals surface area (Å²) in [6, 6.07) is 0. The third-order valence-electron chi connectivity index (χ3n) is 2.78. The maximum Gasteiger partial charge on any atom is 0.314 e. The van der Waals surface area contributed by atoms with Crippen molar-refractivity contribution in [2.45, 2.75) is 39.4 Å². The van der Waals surface area contributed by atoms with Crippen LogP contribution in [0, 0.1) is 5.92 Å². The van der Waals surface area contributed by atoms with Crippen molar-refractivity contribution in [1.82, 2.24) is 0 Å². The minimum absolute atomic E-state index is 0.219. The molecule has 1 unspecified atom stereocenters. The second kappa shape index (κ2) is 5.47. The van der Waals surface area contributed by atoms with Gasteiger partial charge in [0.1, 0.15) is 5.92 Å². The first kappa shape index (κ1) is 12.5. The van der Waals surface area contributed by atoms with Gasteiger partial charge in [0, 0.05) is 0 Å². The van der Waals surface area contributed by atoms with Gasteiger partial charge in [0.25, 0.3) is 0 Å². The van der Waals surface area contributed by atoms with Gasteiger partial charge in [-0.1, -0.05) is 13.8 Å². The predicted octanol–water partition coefficient (Wildman–Crippen LogP) is 1.73. The molecular formula is C11H20O4. The van der Waals surface area contributed by atoms with Gasteiger partial charge in [0.2, 0.25) is 0 Å². The molecule has 0 spiro atoms. The van der Waals surface area contributed by atoms with Gasteiger partial charge in [-0.3, -0.25) is 4.79 Å². The van der Waals surface area contributed by atoms with Crippen LogP contribution in [0.4, 0.5) is 0 Å². The Hall–Kier alpha value is -0.610. The van der Waals surface area contributed by atoms with Gasteiger partial charge in [0.15, 0.2) is 5.79 Å². The fraction of sp³-hybridized carbons (Fsp3) is 0.909. The molecule has 0 aliphatic carbocycles. The Morgan fingerprint density at radius 2 is 1.93 bits per heavy atom. The van der Waals surface area contributed by atoms with E-state index in [-0.39, 0.29) is 11.9 Å². The summed E-state index contributed by atoms with van der Waals surface area (Å²) in [5.74, 6) is -1.28. The van der Waals surface area contributed by atoms with Gasteiger partial charge in [-0.2, -0.15) is 0 Å². The largest absolute Gasteiger partial charge is 0.466 e. The highest BCUT2D eigenvalue weighted by atomic mass is 16.7. The predicted molar refractivity (Wildman–Crippen MR) is 55.3 cm³/mol. The first-order chi connectivity index (χ1) is 7.20. The number of ether oxygens (including phenoxy) is 3. The lowest BCUT2D eigenvalue weighted by atomic mass is 9.93. The summed E-state index contributed by atoms with van der Waals surface area (Å²) in [7, 11) is 0. The van der Waals surface area contributed by atoms with Crippen molar-refractivity contribution in [2.75, 3.05) is 19.8 Å². The van der Waals surface area contributed by atoms with Crippen LogP contribution < -0.4 is 0 Å². The Kier molecular flexibility index (Phi) is 4.54. The third kappa shape index (κ3) is 2.49. The fourth-order valence-electron chi connectivity index (χ4n) is 2.02. The highest BCUT2D eigenvalue weighted by Crippen LogP contribution is 2.34. The summed E-state index contributed by atoms with van der Waals surface area (Å²) in [4.78, 5) is 11.7. The zero-order valence-corrected chi connectivity index (χ0v) is 9.75. The molecule has 4 nitrogen and oxygen atoms in total. The van der Waals surface area contributed by atoms with Crippen molar-refractivity contribution in [3.05, 3.63) is 0 Å². The van der Waals surface area contributed by atoms with Crippen LogP contribution in [0.2, 0.25) is 0 Å². The van der Waals surface area contributed by atoms with Crippen LogP contribution >= 0.6 is 0 Å². The highest BCUT2D eigenvalue weighted by Gasteiger charge is 2.46. The summed E-state index contributed by atoms with van der Waals surface area (Å²) in [5.41, 5.74) is 0. The van der Waals surface area contributed by atoms with Crippen LogP contribution in [0.3, 0.4) is 0 Å². The van der Waals surface area contributed by atoms with E-state index in [1.807, 2.05) is 13.8 Å². The Balaban J connectivity index is 2.74. The van der Waals surface area contributed by atoms with Crippen molar-refractivity contribution in [1.29, 1.82) is 0 Å². The molecule has 1 fully saturated rings. The summed E-state index contributed by atoms with van der Waals surface area (Å²) in [6.45, 7) is 7.24. The molecule has 0 aromatic rings. The van der Waals surface area contributed by atoms with Gasteiger partial charge >= 0.3 is 5.97 Å². The maximum absolute atomic E-state index is 11.7. The molecule has 0 amide bonds. The molecule has 0 saturated carbocycles. The SMILES string of the molecule is CCOC(=O)C(CC)C1(CC)OCCO1. The third-order valence-corrected chi connectivity index (χ3v) is 2.78. The molecule has 1 saturated heterocycles. The molecule has 0 aromatic carbocycles. The van der Waals surface area contributed by atoms with Crippen molar-refractivity contribution in [3.8, 4) is 0 Å². The topological polar surface area (TPSA) is 44.8 Å². The van der Waals surface area contributed by atoms with Crippen LogP contribution in [-0.4, -0.2) is 31.6 Å². The number of rotatable bonds is 5. The van der Waals surface area contributed by atoms with Gasteiger partial charge < -0.3 is 14.2 Å². The summed E-state index contributed by atoms with van der Waals surface area (Å²) in [5, 5.41) is 0. The zero-order valence-electron chi connectivity index (χ0n) is 9.75. The first-order valence-corrected chi connectivity index (χ1v) is 5.64. The minimum Gasteiger partial charge on any atom is -0.466 e. The molecule has 88 valence electrons. The Labute approximate surface area is 90.9 Å². The summed E-state index contributed by atoms with van der Waals surface area (Å²) >= 11 is 0. The van der Waals surface area contributed by atoms with Crippen molar-refractivity contribution in [2.24, 2.45) is 5.92 Å². The molecule has 1 aliphatic rings. The van der Waals surface area contributed by atoms with E-state index in [0.29, 0.717) is 32.7 Å². The number of hydrogen-bond donors (Lipinski definition) is 0. The molecule has 1 aliphatic heterocycles. The van der Waals surface area contributed by atoms with Gasteiger partial charge in [0.05, 0.1) is 19.8 Å². The number of carbonyl (C=O) groups excluding carboxylic acids is 1. The number of esters is 1. The Bertz CT molecular complexity index is 209. The molecule has 0 N–H and O–H groups in total. The quantitative estimate of drug-likeness (QED) is 0.656. The van der Waals surface area contributed by atoms with Crippen LogP contribution in [0.5, 0.6) is 0 Å². The normalized spacial score (nSPS) is 21.3. The molecule has 1 rings (SSSR count). The van der Waals surface area contributed by atoms with E-state index in [0.717, 1.165) is 0 Å². The maximum atomic E-state index is 11.7. The van der Waals surface area contributed by atoms with Crippen LogP contribution in [0.15, 0.2) is 0 Å². The Morgan fingerprint density at radius 3 is 2.33 bits per heavy atom. The second-order valence-electron chi connectivity index (χ2n) is 3.58. The highest BCUT2D eigenvalue weighted by molar-refractivity contribution is 5.73. The van der Waals surface area contributed by atoms with Crippen molar-refractivity contribution in [3.63, 3.8) is 0 Å². The molecule has 15 heavy (non-hydrogen) atoms. The molecule has 4 heteroatoms.